The van der Waals surface area contributed by atoms with Crippen molar-refractivity contribution >= 4 is 5.91 Å². The van der Waals surface area contributed by atoms with Gasteiger partial charge in [0.1, 0.15) is 0 Å². The molecule has 6 heteroatoms. The second-order valence-electron chi connectivity index (χ2n) is 7.28. The summed E-state index contributed by atoms with van der Waals surface area (Å²) in [6, 6.07) is 1.70. The highest BCUT2D eigenvalue weighted by Crippen LogP contribution is 2.33. The minimum Gasteiger partial charge on any atom is -0.334 e. The average Bonchev–Trinajstić information content (AvgIpc) is 3.12. The van der Waals surface area contributed by atoms with Crippen LogP contribution >= 0.6 is 0 Å². The van der Waals surface area contributed by atoms with Crippen molar-refractivity contribution in [2.24, 2.45) is 7.05 Å². The number of amides is 1. The second kappa shape index (κ2) is 6.50. The van der Waals surface area contributed by atoms with Crippen molar-refractivity contribution in [2.75, 3.05) is 6.54 Å². The molecule has 1 N–H and O–H groups in total. The van der Waals surface area contributed by atoms with E-state index >= 15 is 0 Å². The van der Waals surface area contributed by atoms with E-state index in [-0.39, 0.29) is 11.5 Å². The standard InChI is InChI=1S/C19H24N4O2/c1-22-11-15-12-23(8-7-14(15)9-17(22)24)19(25)16-10-20-21-18(16)13-5-3-2-4-6-13/h9-11,13H,2-8,12H2,1H3,(H,20,21). The van der Waals surface area contributed by atoms with E-state index in [4.69, 9.17) is 0 Å². The molecular formula is C19H24N4O2. The van der Waals surface area contributed by atoms with E-state index in [1.54, 1.807) is 23.9 Å². The largest absolute Gasteiger partial charge is 0.334 e. The van der Waals surface area contributed by atoms with Crippen LogP contribution in [0.2, 0.25) is 0 Å². The number of carbonyl (C=O) groups is 1. The molecule has 0 bridgehead atoms. The van der Waals surface area contributed by atoms with Gasteiger partial charge in [-0.15, -0.1) is 0 Å². The number of nitrogens with zero attached hydrogens (tertiary/aromatic N) is 3. The minimum atomic E-state index is 0.00736. The molecule has 1 aliphatic heterocycles. The van der Waals surface area contributed by atoms with E-state index < -0.39 is 0 Å². The summed E-state index contributed by atoms with van der Waals surface area (Å²) < 4.78 is 1.58. The van der Waals surface area contributed by atoms with Crippen LogP contribution < -0.4 is 5.56 Å². The first-order valence-electron chi connectivity index (χ1n) is 9.14. The van der Waals surface area contributed by atoms with Crippen LogP contribution in [0.4, 0.5) is 0 Å². The minimum absolute atomic E-state index is 0.00736. The Labute approximate surface area is 146 Å². The maximum Gasteiger partial charge on any atom is 0.257 e. The molecule has 1 saturated carbocycles. The summed E-state index contributed by atoms with van der Waals surface area (Å²) in [5, 5.41) is 7.25. The van der Waals surface area contributed by atoms with Crippen molar-refractivity contribution in [3.8, 4) is 0 Å². The highest BCUT2D eigenvalue weighted by atomic mass is 16.2. The summed E-state index contributed by atoms with van der Waals surface area (Å²) in [7, 11) is 1.75. The van der Waals surface area contributed by atoms with Gasteiger partial charge in [-0.2, -0.15) is 5.10 Å². The number of pyridine rings is 1. The fourth-order valence-corrected chi connectivity index (χ4v) is 4.15. The Balaban J connectivity index is 1.57. The molecule has 0 radical (unpaired) electrons. The first-order chi connectivity index (χ1) is 12.1. The third-order valence-electron chi connectivity index (χ3n) is 5.62. The molecule has 6 nitrogen and oxygen atoms in total. The van der Waals surface area contributed by atoms with Gasteiger partial charge in [0.25, 0.3) is 11.5 Å². The van der Waals surface area contributed by atoms with E-state index in [9.17, 15) is 9.59 Å². The van der Waals surface area contributed by atoms with Crippen LogP contribution in [0.15, 0.2) is 23.3 Å². The lowest BCUT2D eigenvalue weighted by Gasteiger charge is -2.29. The Morgan fingerprint density at radius 3 is 2.84 bits per heavy atom. The van der Waals surface area contributed by atoms with Crippen LogP contribution in [-0.4, -0.2) is 32.1 Å². The van der Waals surface area contributed by atoms with E-state index in [0.717, 1.165) is 41.6 Å². The Kier molecular flexibility index (Phi) is 4.19. The molecular weight excluding hydrogens is 316 g/mol. The number of hydrogen-bond donors (Lipinski definition) is 1. The molecule has 4 rings (SSSR count). The third-order valence-corrected chi connectivity index (χ3v) is 5.62. The molecule has 0 atom stereocenters. The molecule has 2 aromatic rings. The number of rotatable bonds is 2. The lowest BCUT2D eigenvalue weighted by Crippen LogP contribution is -2.37. The summed E-state index contributed by atoms with van der Waals surface area (Å²) in [5.41, 5.74) is 3.86. The fourth-order valence-electron chi connectivity index (χ4n) is 4.15. The van der Waals surface area contributed by atoms with Crippen LogP contribution in [-0.2, 0) is 20.0 Å². The van der Waals surface area contributed by atoms with Gasteiger partial charge in [0.05, 0.1) is 17.5 Å². The van der Waals surface area contributed by atoms with Gasteiger partial charge in [-0.05, 0) is 30.4 Å². The summed E-state index contributed by atoms with van der Waals surface area (Å²) >= 11 is 0. The average molecular weight is 340 g/mol. The molecule has 1 aliphatic carbocycles. The third kappa shape index (κ3) is 3.01. The highest BCUT2D eigenvalue weighted by molar-refractivity contribution is 5.95. The molecule has 1 fully saturated rings. The topological polar surface area (TPSA) is 71.0 Å². The number of H-pyrrole nitrogens is 1. The predicted octanol–water partition coefficient (Wildman–Crippen LogP) is 2.35. The Bertz CT molecular complexity index is 845. The highest BCUT2D eigenvalue weighted by Gasteiger charge is 2.28. The number of nitrogens with one attached hydrogen (secondary N) is 1. The molecule has 2 aromatic heterocycles. The Morgan fingerprint density at radius 1 is 1.24 bits per heavy atom. The zero-order valence-electron chi connectivity index (χ0n) is 14.6. The maximum atomic E-state index is 13.1. The number of fused-ring (bicyclic) bond motifs is 1. The quantitative estimate of drug-likeness (QED) is 0.912. The van der Waals surface area contributed by atoms with Crippen molar-refractivity contribution in [1.82, 2.24) is 19.7 Å². The molecule has 1 amide bonds. The van der Waals surface area contributed by atoms with E-state index in [0.29, 0.717) is 19.0 Å². The van der Waals surface area contributed by atoms with Gasteiger partial charge < -0.3 is 9.47 Å². The molecule has 3 heterocycles. The number of aromatic nitrogens is 3. The molecule has 25 heavy (non-hydrogen) atoms. The predicted molar refractivity (Wildman–Crippen MR) is 94.5 cm³/mol. The van der Waals surface area contributed by atoms with Crippen molar-refractivity contribution in [3.05, 3.63) is 51.2 Å². The summed E-state index contributed by atoms with van der Waals surface area (Å²) in [4.78, 5) is 26.7. The van der Waals surface area contributed by atoms with Crippen LogP contribution in [0.5, 0.6) is 0 Å². The molecule has 0 spiro atoms. The first kappa shape index (κ1) is 16.1. The fraction of sp³-hybridized carbons (Fsp3) is 0.526. The van der Waals surface area contributed by atoms with Gasteiger partial charge in [0.15, 0.2) is 0 Å². The van der Waals surface area contributed by atoms with Gasteiger partial charge in [0, 0.05) is 38.3 Å². The van der Waals surface area contributed by atoms with Gasteiger partial charge >= 0.3 is 0 Å². The Hall–Kier alpha value is -2.37. The van der Waals surface area contributed by atoms with Gasteiger partial charge in [0.2, 0.25) is 0 Å². The molecule has 132 valence electrons. The molecule has 0 saturated heterocycles. The SMILES string of the molecule is Cn1cc2c(cc1=O)CCN(C(=O)c1cn[nH]c1C1CCCCC1)C2. The number of aryl methyl sites for hydroxylation is 1. The maximum absolute atomic E-state index is 13.1. The number of aromatic amines is 1. The lowest BCUT2D eigenvalue weighted by atomic mass is 9.85. The zero-order chi connectivity index (χ0) is 17.4. The van der Waals surface area contributed by atoms with E-state index in [2.05, 4.69) is 10.2 Å². The van der Waals surface area contributed by atoms with E-state index in [1.165, 1.54) is 19.3 Å². The summed E-state index contributed by atoms with van der Waals surface area (Å²) in [6.07, 6.45) is 10.3. The van der Waals surface area contributed by atoms with Gasteiger partial charge in [-0.3, -0.25) is 14.7 Å². The smallest absolute Gasteiger partial charge is 0.257 e. The Morgan fingerprint density at radius 2 is 2.04 bits per heavy atom. The van der Waals surface area contributed by atoms with Crippen LogP contribution in [0.25, 0.3) is 0 Å². The van der Waals surface area contributed by atoms with Crippen molar-refractivity contribution in [2.45, 2.75) is 51.0 Å². The van der Waals surface area contributed by atoms with E-state index in [1.807, 2.05) is 11.1 Å². The molecule has 2 aliphatic rings. The first-order valence-corrected chi connectivity index (χ1v) is 9.14. The van der Waals surface area contributed by atoms with Crippen molar-refractivity contribution in [3.63, 3.8) is 0 Å². The normalized spacial score (nSPS) is 18.2. The molecule has 0 unspecified atom stereocenters. The zero-order valence-corrected chi connectivity index (χ0v) is 14.6. The summed E-state index contributed by atoms with van der Waals surface area (Å²) in [6.45, 7) is 1.20. The number of carbonyl (C=O) groups excluding carboxylic acids is 1. The lowest BCUT2D eigenvalue weighted by molar-refractivity contribution is 0.0732. The number of hydrogen-bond acceptors (Lipinski definition) is 3. The summed E-state index contributed by atoms with van der Waals surface area (Å²) in [5.74, 6) is 0.474. The monoisotopic (exact) mass is 340 g/mol. The molecule has 0 aromatic carbocycles. The van der Waals surface area contributed by atoms with Crippen LogP contribution in [0.1, 0.15) is 65.2 Å². The second-order valence-corrected chi connectivity index (χ2v) is 7.28. The van der Waals surface area contributed by atoms with Crippen molar-refractivity contribution in [1.29, 1.82) is 0 Å². The van der Waals surface area contributed by atoms with Crippen LogP contribution in [0.3, 0.4) is 0 Å². The van der Waals surface area contributed by atoms with Crippen LogP contribution in [0, 0.1) is 0 Å². The van der Waals surface area contributed by atoms with Gasteiger partial charge in [-0.1, -0.05) is 19.3 Å². The van der Waals surface area contributed by atoms with Crippen molar-refractivity contribution < 1.29 is 4.79 Å². The van der Waals surface area contributed by atoms with Gasteiger partial charge in [-0.25, -0.2) is 0 Å².